The van der Waals surface area contributed by atoms with E-state index in [4.69, 9.17) is 4.74 Å². The Labute approximate surface area is 171 Å². The van der Waals surface area contributed by atoms with E-state index in [1.165, 1.54) is 0 Å². The van der Waals surface area contributed by atoms with Gasteiger partial charge in [-0.2, -0.15) is 4.31 Å². The number of aromatic amines is 1. The maximum absolute atomic E-state index is 13.4. The monoisotopic (exact) mass is 417 g/mol. The Morgan fingerprint density at radius 1 is 1.17 bits per heavy atom. The largest absolute Gasteiger partial charge is 0.384 e. The normalized spacial score (nSPS) is 21.7. The fraction of sp³-hybridized carbons (Fsp3) is 0.524. The molecule has 0 spiro atoms. The summed E-state index contributed by atoms with van der Waals surface area (Å²) in [5.74, 6) is 0.595. The molecule has 0 saturated carbocycles. The summed E-state index contributed by atoms with van der Waals surface area (Å²) >= 11 is 0. The average Bonchev–Trinajstić information content (AvgIpc) is 3.02. The number of nitrogens with one attached hydrogen (secondary N) is 1. The number of benzene rings is 1. The van der Waals surface area contributed by atoms with Gasteiger partial charge in [0.15, 0.2) is 0 Å². The summed E-state index contributed by atoms with van der Waals surface area (Å²) in [5, 5.41) is 0. The highest BCUT2D eigenvalue weighted by Crippen LogP contribution is 2.37. The van der Waals surface area contributed by atoms with Gasteiger partial charge in [-0.15, -0.1) is 0 Å². The Kier molecular flexibility index (Phi) is 5.59. The highest BCUT2D eigenvalue weighted by molar-refractivity contribution is 7.89. The van der Waals surface area contributed by atoms with Crippen LogP contribution in [0.25, 0.3) is 0 Å². The minimum Gasteiger partial charge on any atom is -0.384 e. The summed E-state index contributed by atoms with van der Waals surface area (Å²) in [7, 11) is -2.02. The number of aryl methyl sites for hydroxylation is 1. The molecule has 2 aliphatic rings. The molecule has 1 aromatic carbocycles. The van der Waals surface area contributed by atoms with Crippen molar-refractivity contribution in [3.63, 3.8) is 0 Å². The molecule has 2 atom stereocenters. The first-order valence-electron chi connectivity index (χ1n) is 10.2. The second-order valence-electron chi connectivity index (χ2n) is 7.81. The summed E-state index contributed by atoms with van der Waals surface area (Å²) in [4.78, 5) is 20.5. The van der Waals surface area contributed by atoms with E-state index in [-0.39, 0.29) is 17.6 Å². The van der Waals surface area contributed by atoms with Crippen molar-refractivity contribution in [2.75, 3.05) is 13.7 Å². The zero-order valence-corrected chi connectivity index (χ0v) is 17.7. The molecule has 1 fully saturated rings. The SMILES string of the molecule is CCc1ccc(S(=O)(=O)N2C3CCC2Cc2c(nc(CCOC)[nH]c2=O)C3)cc1. The van der Waals surface area contributed by atoms with Crippen LogP contribution < -0.4 is 5.56 Å². The fourth-order valence-electron chi connectivity index (χ4n) is 4.48. The molecule has 0 radical (unpaired) electrons. The number of methoxy groups -OCH3 is 1. The number of H-pyrrole nitrogens is 1. The van der Waals surface area contributed by atoms with Crippen molar-refractivity contribution in [2.24, 2.45) is 0 Å². The van der Waals surface area contributed by atoms with Gasteiger partial charge in [0, 0.05) is 37.6 Å². The number of ether oxygens (including phenoxy) is 1. The first-order valence-corrected chi connectivity index (χ1v) is 11.6. The standard InChI is InChI=1S/C21H27N3O4S/c1-3-14-4-8-17(9-5-14)29(26,27)24-15-6-7-16(24)13-19-18(12-15)21(25)23-20(22-19)10-11-28-2/h4-5,8-9,15-16H,3,6-7,10-13H2,1-2H3,(H,22,23,25). The molecule has 7 nitrogen and oxygen atoms in total. The van der Waals surface area contributed by atoms with Crippen LogP contribution in [-0.4, -0.2) is 48.5 Å². The molecule has 2 bridgehead atoms. The molecule has 156 valence electrons. The molecule has 1 aromatic heterocycles. The smallest absolute Gasteiger partial charge is 0.254 e. The molecule has 29 heavy (non-hydrogen) atoms. The number of sulfonamides is 1. The van der Waals surface area contributed by atoms with Gasteiger partial charge in [0.1, 0.15) is 5.82 Å². The quantitative estimate of drug-likeness (QED) is 0.774. The lowest BCUT2D eigenvalue weighted by molar-refractivity contribution is 0.200. The molecule has 1 N–H and O–H groups in total. The second-order valence-corrected chi connectivity index (χ2v) is 9.65. The van der Waals surface area contributed by atoms with Gasteiger partial charge >= 0.3 is 0 Å². The summed E-state index contributed by atoms with van der Waals surface area (Å²) in [6.07, 6.45) is 3.83. The molecule has 3 heterocycles. The van der Waals surface area contributed by atoms with E-state index in [9.17, 15) is 13.2 Å². The predicted molar refractivity (Wildman–Crippen MR) is 110 cm³/mol. The fourth-order valence-corrected chi connectivity index (χ4v) is 6.35. The topological polar surface area (TPSA) is 92.4 Å². The van der Waals surface area contributed by atoms with Gasteiger partial charge in [0.25, 0.3) is 5.56 Å². The van der Waals surface area contributed by atoms with Crippen molar-refractivity contribution in [1.82, 2.24) is 14.3 Å². The first kappa shape index (κ1) is 20.3. The molecular formula is C21H27N3O4S. The zero-order chi connectivity index (χ0) is 20.6. The van der Waals surface area contributed by atoms with Crippen LogP contribution in [0.5, 0.6) is 0 Å². The maximum atomic E-state index is 13.4. The highest BCUT2D eigenvalue weighted by Gasteiger charge is 2.45. The Balaban J connectivity index is 1.68. The summed E-state index contributed by atoms with van der Waals surface area (Å²) < 4.78 is 33.6. The van der Waals surface area contributed by atoms with E-state index < -0.39 is 10.0 Å². The summed E-state index contributed by atoms with van der Waals surface area (Å²) in [6.45, 7) is 2.52. The predicted octanol–water partition coefficient (Wildman–Crippen LogP) is 1.84. The van der Waals surface area contributed by atoms with Gasteiger partial charge < -0.3 is 9.72 Å². The lowest BCUT2D eigenvalue weighted by Gasteiger charge is -2.27. The number of fused-ring (bicyclic) bond motifs is 3. The number of aromatic nitrogens is 2. The van der Waals surface area contributed by atoms with Crippen LogP contribution in [-0.2, 0) is 40.4 Å². The Morgan fingerprint density at radius 3 is 2.52 bits per heavy atom. The molecule has 0 aliphatic carbocycles. The molecule has 8 heteroatoms. The first-order chi connectivity index (χ1) is 13.9. The van der Waals surface area contributed by atoms with Crippen molar-refractivity contribution in [2.45, 2.75) is 62.4 Å². The maximum Gasteiger partial charge on any atom is 0.254 e. The van der Waals surface area contributed by atoms with E-state index in [1.54, 1.807) is 23.5 Å². The van der Waals surface area contributed by atoms with Crippen molar-refractivity contribution in [3.8, 4) is 0 Å². The molecule has 2 unspecified atom stereocenters. The van der Waals surface area contributed by atoms with Crippen LogP contribution >= 0.6 is 0 Å². The molecule has 0 amide bonds. The zero-order valence-electron chi connectivity index (χ0n) is 16.8. The van der Waals surface area contributed by atoms with Crippen molar-refractivity contribution < 1.29 is 13.2 Å². The van der Waals surface area contributed by atoms with Gasteiger partial charge in [-0.05, 0) is 43.4 Å². The van der Waals surface area contributed by atoms with E-state index in [1.807, 2.05) is 19.1 Å². The van der Waals surface area contributed by atoms with Gasteiger partial charge in [-0.1, -0.05) is 19.1 Å². The second kappa shape index (κ2) is 8.01. The summed E-state index contributed by atoms with van der Waals surface area (Å²) in [6, 6.07) is 6.76. The van der Waals surface area contributed by atoms with Crippen LogP contribution in [0, 0.1) is 0 Å². The van der Waals surface area contributed by atoms with Crippen LogP contribution in [0.4, 0.5) is 0 Å². The third-order valence-electron chi connectivity index (χ3n) is 6.02. The lowest BCUT2D eigenvalue weighted by atomic mass is 9.98. The number of hydrogen-bond acceptors (Lipinski definition) is 5. The molecule has 2 aromatic rings. The van der Waals surface area contributed by atoms with Crippen LogP contribution in [0.15, 0.2) is 34.0 Å². The van der Waals surface area contributed by atoms with Crippen molar-refractivity contribution in [3.05, 3.63) is 57.3 Å². The van der Waals surface area contributed by atoms with Crippen LogP contribution in [0.1, 0.15) is 42.4 Å². The highest BCUT2D eigenvalue weighted by atomic mass is 32.2. The van der Waals surface area contributed by atoms with E-state index in [0.29, 0.717) is 42.2 Å². The minimum atomic E-state index is -3.63. The van der Waals surface area contributed by atoms with Gasteiger partial charge in [0.2, 0.25) is 10.0 Å². The van der Waals surface area contributed by atoms with Gasteiger partial charge in [-0.25, -0.2) is 13.4 Å². The third kappa shape index (κ3) is 3.76. The Morgan fingerprint density at radius 2 is 1.86 bits per heavy atom. The van der Waals surface area contributed by atoms with E-state index >= 15 is 0 Å². The number of rotatable bonds is 6. The minimum absolute atomic E-state index is 0.154. The average molecular weight is 418 g/mol. The molecule has 4 rings (SSSR count). The summed E-state index contributed by atoms with van der Waals surface area (Å²) in [5.41, 5.74) is 2.31. The van der Waals surface area contributed by atoms with Gasteiger partial charge in [-0.3, -0.25) is 4.79 Å². The Hall–Kier alpha value is -2.03. The molecule has 1 saturated heterocycles. The number of nitrogens with zero attached hydrogens (tertiary/aromatic N) is 2. The lowest BCUT2D eigenvalue weighted by Crippen LogP contribution is -2.41. The van der Waals surface area contributed by atoms with Crippen LogP contribution in [0.2, 0.25) is 0 Å². The number of hydrogen-bond donors (Lipinski definition) is 1. The van der Waals surface area contributed by atoms with E-state index in [0.717, 1.165) is 30.5 Å². The van der Waals surface area contributed by atoms with Crippen molar-refractivity contribution >= 4 is 10.0 Å². The third-order valence-corrected chi connectivity index (χ3v) is 8.04. The Bertz CT molecular complexity index is 1050. The van der Waals surface area contributed by atoms with Gasteiger partial charge in [0.05, 0.1) is 17.2 Å². The van der Waals surface area contributed by atoms with Crippen LogP contribution in [0.3, 0.4) is 0 Å². The van der Waals surface area contributed by atoms with Crippen molar-refractivity contribution in [1.29, 1.82) is 0 Å². The molecule has 2 aliphatic heterocycles. The molecular weight excluding hydrogens is 390 g/mol. The van der Waals surface area contributed by atoms with E-state index in [2.05, 4.69) is 9.97 Å².